The molecular formula is C15H23ClN2. The highest BCUT2D eigenvalue weighted by Gasteiger charge is 2.22. The summed E-state index contributed by atoms with van der Waals surface area (Å²) in [7, 11) is 2.21. The third-order valence-corrected chi connectivity index (χ3v) is 4.35. The van der Waals surface area contributed by atoms with E-state index in [2.05, 4.69) is 43.2 Å². The van der Waals surface area contributed by atoms with Gasteiger partial charge in [0.25, 0.3) is 0 Å². The molecule has 0 saturated carbocycles. The highest BCUT2D eigenvalue weighted by molar-refractivity contribution is 6.31. The topological polar surface area (TPSA) is 15.3 Å². The molecule has 0 bridgehead atoms. The van der Waals surface area contributed by atoms with E-state index in [1.165, 1.54) is 30.5 Å². The average Bonchev–Trinajstić information content (AvgIpc) is 2.32. The molecule has 1 heterocycles. The largest absolute Gasteiger partial charge is 0.310 e. The van der Waals surface area contributed by atoms with Crippen LogP contribution in [0.4, 0.5) is 0 Å². The number of likely N-dealkylation sites (tertiary alicyclic amines) is 1. The first-order chi connectivity index (χ1) is 8.56. The average molecular weight is 267 g/mol. The van der Waals surface area contributed by atoms with Crippen molar-refractivity contribution in [3.05, 3.63) is 34.3 Å². The Morgan fingerprint density at radius 1 is 1.44 bits per heavy atom. The van der Waals surface area contributed by atoms with Gasteiger partial charge in [0.05, 0.1) is 0 Å². The van der Waals surface area contributed by atoms with E-state index in [0.717, 1.165) is 11.6 Å². The van der Waals surface area contributed by atoms with Crippen LogP contribution in [0.3, 0.4) is 0 Å². The second-order valence-electron chi connectivity index (χ2n) is 5.53. The van der Waals surface area contributed by atoms with Crippen LogP contribution in [-0.4, -0.2) is 30.6 Å². The molecule has 0 spiro atoms. The Bertz CT molecular complexity index is 405. The highest BCUT2D eigenvalue weighted by Crippen LogP contribution is 2.19. The number of benzene rings is 1. The molecule has 2 rings (SSSR count). The minimum Gasteiger partial charge on any atom is -0.310 e. The monoisotopic (exact) mass is 266 g/mol. The number of halogens is 1. The molecule has 1 aromatic carbocycles. The molecule has 2 atom stereocenters. The maximum absolute atomic E-state index is 6.25. The Hall–Kier alpha value is -0.570. The van der Waals surface area contributed by atoms with Crippen LogP contribution in [0.15, 0.2) is 18.2 Å². The number of nitrogens with zero attached hydrogens (tertiary/aromatic N) is 1. The molecule has 0 aromatic heterocycles. The van der Waals surface area contributed by atoms with E-state index < -0.39 is 0 Å². The smallest absolute Gasteiger partial charge is 0.0453 e. The summed E-state index contributed by atoms with van der Waals surface area (Å²) in [6.07, 6.45) is 2.45. The Morgan fingerprint density at radius 2 is 2.22 bits per heavy atom. The van der Waals surface area contributed by atoms with Crippen LogP contribution in [0.5, 0.6) is 0 Å². The lowest BCUT2D eigenvalue weighted by Crippen LogP contribution is -2.45. The molecule has 0 amide bonds. The molecule has 1 aliphatic rings. The predicted molar refractivity (Wildman–Crippen MR) is 78.1 cm³/mol. The lowest BCUT2D eigenvalue weighted by molar-refractivity contribution is 0.168. The van der Waals surface area contributed by atoms with E-state index >= 15 is 0 Å². The molecular weight excluding hydrogens is 244 g/mol. The molecule has 3 heteroatoms. The summed E-state index contributed by atoms with van der Waals surface area (Å²) in [5, 5.41) is 4.52. The normalized spacial score (nSPS) is 25.3. The van der Waals surface area contributed by atoms with Gasteiger partial charge in [-0.25, -0.2) is 0 Å². The van der Waals surface area contributed by atoms with Crippen LogP contribution >= 0.6 is 11.6 Å². The van der Waals surface area contributed by atoms with Crippen LogP contribution in [0.2, 0.25) is 5.02 Å². The van der Waals surface area contributed by atoms with Crippen LogP contribution in [-0.2, 0) is 6.54 Å². The van der Waals surface area contributed by atoms with Gasteiger partial charge in [-0.1, -0.05) is 23.7 Å². The van der Waals surface area contributed by atoms with Crippen molar-refractivity contribution < 1.29 is 0 Å². The molecule has 1 saturated heterocycles. The maximum atomic E-state index is 6.25. The molecule has 2 unspecified atom stereocenters. The van der Waals surface area contributed by atoms with Gasteiger partial charge in [-0.15, -0.1) is 0 Å². The SMILES string of the molecule is Cc1ccc(CNC2CCN(C)C(C)C2)c(Cl)c1. The molecule has 0 radical (unpaired) electrons. The van der Waals surface area contributed by atoms with Crippen LogP contribution in [0.1, 0.15) is 30.9 Å². The molecule has 1 fully saturated rings. The van der Waals surface area contributed by atoms with E-state index in [9.17, 15) is 0 Å². The summed E-state index contributed by atoms with van der Waals surface area (Å²) < 4.78 is 0. The zero-order chi connectivity index (χ0) is 13.1. The van der Waals surface area contributed by atoms with Crippen molar-refractivity contribution in [2.45, 2.75) is 45.3 Å². The van der Waals surface area contributed by atoms with Crippen LogP contribution in [0, 0.1) is 6.92 Å². The summed E-state index contributed by atoms with van der Waals surface area (Å²) in [6, 6.07) is 7.58. The number of hydrogen-bond donors (Lipinski definition) is 1. The molecule has 100 valence electrons. The second kappa shape index (κ2) is 6.05. The third-order valence-electron chi connectivity index (χ3n) is 4.00. The van der Waals surface area contributed by atoms with E-state index in [1.807, 2.05) is 6.07 Å². The summed E-state index contributed by atoms with van der Waals surface area (Å²) >= 11 is 6.25. The molecule has 1 aromatic rings. The first kappa shape index (κ1) is 13.9. The highest BCUT2D eigenvalue weighted by atomic mass is 35.5. The van der Waals surface area contributed by atoms with Gasteiger partial charge in [-0.05, 0) is 57.5 Å². The number of nitrogens with one attached hydrogen (secondary N) is 1. The zero-order valence-corrected chi connectivity index (χ0v) is 12.3. The minimum absolute atomic E-state index is 0.619. The predicted octanol–water partition coefficient (Wildman–Crippen LogP) is 3.22. The van der Waals surface area contributed by atoms with E-state index in [4.69, 9.17) is 11.6 Å². The van der Waals surface area contributed by atoms with Gasteiger partial charge in [0, 0.05) is 23.7 Å². The summed E-state index contributed by atoms with van der Waals surface area (Å²) in [6.45, 7) is 6.43. The quantitative estimate of drug-likeness (QED) is 0.904. The van der Waals surface area contributed by atoms with Crippen molar-refractivity contribution in [3.8, 4) is 0 Å². The van der Waals surface area contributed by atoms with Gasteiger partial charge in [-0.3, -0.25) is 0 Å². The fraction of sp³-hybridized carbons (Fsp3) is 0.600. The number of rotatable bonds is 3. The van der Waals surface area contributed by atoms with Gasteiger partial charge in [0.1, 0.15) is 0 Å². The number of hydrogen-bond acceptors (Lipinski definition) is 2. The molecule has 1 aliphatic heterocycles. The Balaban J connectivity index is 1.88. The number of piperidine rings is 1. The van der Waals surface area contributed by atoms with Crippen molar-refractivity contribution in [2.24, 2.45) is 0 Å². The standard InChI is InChI=1S/C15H23ClN2/c1-11-4-5-13(15(16)8-11)10-17-14-6-7-18(3)12(2)9-14/h4-5,8,12,14,17H,6-7,9-10H2,1-3H3. The lowest BCUT2D eigenvalue weighted by atomic mass is 9.98. The second-order valence-corrected chi connectivity index (χ2v) is 5.93. The van der Waals surface area contributed by atoms with Crippen molar-refractivity contribution in [1.82, 2.24) is 10.2 Å². The van der Waals surface area contributed by atoms with Gasteiger partial charge >= 0.3 is 0 Å². The molecule has 2 nitrogen and oxygen atoms in total. The van der Waals surface area contributed by atoms with Crippen LogP contribution < -0.4 is 5.32 Å². The molecule has 18 heavy (non-hydrogen) atoms. The van der Waals surface area contributed by atoms with E-state index in [1.54, 1.807) is 0 Å². The zero-order valence-electron chi connectivity index (χ0n) is 11.5. The van der Waals surface area contributed by atoms with Gasteiger partial charge in [0.15, 0.2) is 0 Å². The van der Waals surface area contributed by atoms with Crippen molar-refractivity contribution >= 4 is 11.6 Å². The van der Waals surface area contributed by atoms with Gasteiger partial charge in [-0.2, -0.15) is 0 Å². The molecule has 0 aliphatic carbocycles. The lowest BCUT2D eigenvalue weighted by Gasteiger charge is -2.35. The van der Waals surface area contributed by atoms with Crippen molar-refractivity contribution in [1.29, 1.82) is 0 Å². The van der Waals surface area contributed by atoms with E-state index in [0.29, 0.717) is 12.1 Å². The first-order valence-electron chi connectivity index (χ1n) is 6.75. The molecule has 1 N–H and O–H groups in total. The fourth-order valence-corrected chi connectivity index (χ4v) is 2.83. The minimum atomic E-state index is 0.619. The Morgan fingerprint density at radius 3 is 2.89 bits per heavy atom. The Labute approximate surface area is 115 Å². The summed E-state index contributed by atoms with van der Waals surface area (Å²) in [4.78, 5) is 2.43. The summed E-state index contributed by atoms with van der Waals surface area (Å²) in [5.74, 6) is 0. The van der Waals surface area contributed by atoms with E-state index in [-0.39, 0.29) is 0 Å². The first-order valence-corrected chi connectivity index (χ1v) is 7.12. The maximum Gasteiger partial charge on any atom is 0.0453 e. The summed E-state index contributed by atoms with van der Waals surface area (Å²) in [5.41, 5.74) is 2.42. The number of aryl methyl sites for hydroxylation is 1. The van der Waals surface area contributed by atoms with Crippen molar-refractivity contribution in [3.63, 3.8) is 0 Å². The van der Waals surface area contributed by atoms with Crippen LogP contribution in [0.25, 0.3) is 0 Å². The Kier molecular flexibility index (Phi) is 4.66. The third kappa shape index (κ3) is 3.47. The fourth-order valence-electron chi connectivity index (χ4n) is 2.52. The van der Waals surface area contributed by atoms with Gasteiger partial charge in [0.2, 0.25) is 0 Å². The van der Waals surface area contributed by atoms with Crippen molar-refractivity contribution in [2.75, 3.05) is 13.6 Å². The van der Waals surface area contributed by atoms with Gasteiger partial charge < -0.3 is 10.2 Å².